The van der Waals surface area contributed by atoms with Gasteiger partial charge < -0.3 is 9.47 Å². The van der Waals surface area contributed by atoms with Crippen molar-refractivity contribution >= 4 is 0 Å². The highest BCUT2D eigenvalue weighted by molar-refractivity contribution is 5.35. The van der Waals surface area contributed by atoms with Gasteiger partial charge >= 0.3 is 0 Å². The van der Waals surface area contributed by atoms with E-state index in [1.807, 2.05) is 6.92 Å². The summed E-state index contributed by atoms with van der Waals surface area (Å²) in [5, 5.41) is 0. The van der Waals surface area contributed by atoms with Gasteiger partial charge in [-0.05, 0) is 37.3 Å². The minimum atomic E-state index is -0.952. The number of ether oxygens (including phenoxy) is 2. The summed E-state index contributed by atoms with van der Waals surface area (Å²) in [7, 11) is 0. The number of unbranched alkanes of at least 4 members (excludes halogenated alkanes) is 1. The van der Waals surface area contributed by atoms with Crippen molar-refractivity contribution in [1.82, 2.24) is 0 Å². The highest BCUT2D eigenvalue weighted by atomic mass is 19.2. The monoisotopic (exact) mass is 298 g/mol. The van der Waals surface area contributed by atoms with Gasteiger partial charge in [-0.1, -0.05) is 32.6 Å². The minimum absolute atomic E-state index is 0.0130. The first-order valence-corrected chi connectivity index (χ1v) is 7.96. The fraction of sp³-hybridized carbons (Fsp3) is 0.647. The summed E-state index contributed by atoms with van der Waals surface area (Å²) in [4.78, 5) is 0. The van der Waals surface area contributed by atoms with Crippen LogP contribution in [0.5, 0.6) is 11.5 Å². The lowest BCUT2D eigenvalue weighted by Gasteiger charge is -2.22. The molecule has 21 heavy (non-hydrogen) atoms. The van der Waals surface area contributed by atoms with Crippen LogP contribution in [0.25, 0.3) is 0 Å². The molecule has 0 aromatic heterocycles. The number of hydrogen-bond acceptors (Lipinski definition) is 2. The Kier molecular flexibility index (Phi) is 6.27. The third kappa shape index (κ3) is 4.58. The van der Waals surface area contributed by atoms with Gasteiger partial charge in [0.05, 0.1) is 13.2 Å². The first kappa shape index (κ1) is 16.1. The molecule has 0 unspecified atom stereocenters. The topological polar surface area (TPSA) is 18.5 Å². The molecule has 0 spiro atoms. The van der Waals surface area contributed by atoms with Gasteiger partial charge in [0.2, 0.25) is 11.6 Å². The third-order valence-corrected chi connectivity index (χ3v) is 3.97. The van der Waals surface area contributed by atoms with Crippen molar-refractivity contribution in [3.63, 3.8) is 0 Å². The number of halogens is 2. The first-order chi connectivity index (χ1) is 10.2. The molecular weight excluding hydrogens is 274 g/mol. The van der Waals surface area contributed by atoms with Crippen molar-refractivity contribution in [2.45, 2.75) is 51.9 Å². The SMILES string of the molecule is CCCCOc1ccc(OCC2CCCCC2)c(F)c1F. The van der Waals surface area contributed by atoms with E-state index in [-0.39, 0.29) is 11.5 Å². The molecule has 1 aliphatic carbocycles. The van der Waals surface area contributed by atoms with E-state index >= 15 is 0 Å². The van der Waals surface area contributed by atoms with Gasteiger partial charge in [-0.15, -0.1) is 0 Å². The molecule has 0 N–H and O–H groups in total. The van der Waals surface area contributed by atoms with Crippen molar-refractivity contribution < 1.29 is 18.3 Å². The Morgan fingerprint density at radius 1 is 1.00 bits per heavy atom. The average Bonchev–Trinajstić information content (AvgIpc) is 2.52. The second kappa shape index (κ2) is 8.20. The van der Waals surface area contributed by atoms with E-state index in [2.05, 4.69) is 0 Å². The quantitative estimate of drug-likeness (QED) is 0.652. The van der Waals surface area contributed by atoms with E-state index < -0.39 is 11.6 Å². The molecule has 0 atom stereocenters. The normalized spacial score (nSPS) is 16.0. The summed E-state index contributed by atoms with van der Waals surface area (Å²) in [5.41, 5.74) is 0. The average molecular weight is 298 g/mol. The van der Waals surface area contributed by atoms with Crippen LogP contribution in [0.3, 0.4) is 0 Å². The Morgan fingerprint density at radius 3 is 2.24 bits per heavy atom. The first-order valence-electron chi connectivity index (χ1n) is 7.96. The Bertz CT molecular complexity index is 443. The summed E-state index contributed by atoms with van der Waals surface area (Å²) in [5.74, 6) is -1.49. The number of benzene rings is 1. The van der Waals surface area contributed by atoms with Crippen LogP contribution in [-0.2, 0) is 0 Å². The molecule has 1 fully saturated rings. The molecule has 4 heteroatoms. The maximum atomic E-state index is 13.9. The van der Waals surface area contributed by atoms with Crippen LogP contribution in [0.15, 0.2) is 12.1 Å². The van der Waals surface area contributed by atoms with Crippen LogP contribution in [0.1, 0.15) is 51.9 Å². The lowest BCUT2D eigenvalue weighted by Crippen LogP contribution is -2.16. The minimum Gasteiger partial charge on any atom is -0.490 e. The molecule has 2 nitrogen and oxygen atoms in total. The van der Waals surface area contributed by atoms with E-state index in [1.165, 1.54) is 31.4 Å². The van der Waals surface area contributed by atoms with Gasteiger partial charge in [-0.25, -0.2) is 0 Å². The van der Waals surface area contributed by atoms with E-state index in [4.69, 9.17) is 9.47 Å². The highest BCUT2D eigenvalue weighted by Crippen LogP contribution is 2.29. The molecule has 1 aromatic rings. The Morgan fingerprint density at radius 2 is 1.62 bits per heavy atom. The zero-order valence-corrected chi connectivity index (χ0v) is 12.7. The summed E-state index contributed by atoms with van der Waals surface area (Å²) < 4.78 is 38.5. The van der Waals surface area contributed by atoms with E-state index in [9.17, 15) is 8.78 Å². The molecule has 0 amide bonds. The summed E-state index contributed by atoms with van der Waals surface area (Å²) in [6.45, 7) is 2.88. The second-order valence-electron chi connectivity index (χ2n) is 5.71. The lowest BCUT2D eigenvalue weighted by molar-refractivity contribution is 0.199. The van der Waals surface area contributed by atoms with Crippen LogP contribution >= 0.6 is 0 Å². The van der Waals surface area contributed by atoms with E-state index in [1.54, 1.807) is 0 Å². The van der Waals surface area contributed by atoms with Crippen LogP contribution in [0.4, 0.5) is 8.78 Å². The van der Waals surface area contributed by atoms with Crippen LogP contribution < -0.4 is 9.47 Å². The maximum absolute atomic E-state index is 13.9. The van der Waals surface area contributed by atoms with E-state index in [0.717, 1.165) is 25.7 Å². The van der Waals surface area contributed by atoms with Crippen molar-refractivity contribution in [1.29, 1.82) is 0 Å². The molecular formula is C17H24F2O2. The molecule has 118 valence electrons. The predicted molar refractivity (Wildman–Crippen MR) is 78.8 cm³/mol. The Balaban J connectivity index is 1.92. The fourth-order valence-corrected chi connectivity index (χ4v) is 2.62. The van der Waals surface area contributed by atoms with Crippen molar-refractivity contribution in [3.05, 3.63) is 23.8 Å². The van der Waals surface area contributed by atoms with Gasteiger partial charge in [-0.3, -0.25) is 0 Å². The molecule has 0 radical (unpaired) electrons. The maximum Gasteiger partial charge on any atom is 0.204 e. The number of rotatable bonds is 7. The number of hydrogen-bond donors (Lipinski definition) is 0. The van der Waals surface area contributed by atoms with Gasteiger partial charge in [-0.2, -0.15) is 8.78 Å². The summed E-state index contributed by atoms with van der Waals surface area (Å²) >= 11 is 0. The predicted octanol–water partition coefficient (Wildman–Crippen LogP) is 5.10. The largest absolute Gasteiger partial charge is 0.490 e. The molecule has 0 heterocycles. The van der Waals surface area contributed by atoms with Crippen LogP contribution in [0, 0.1) is 17.6 Å². The fourth-order valence-electron chi connectivity index (χ4n) is 2.62. The zero-order valence-electron chi connectivity index (χ0n) is 12.7. The van der Waals surface area contributed by atoms with Gasteiger partial charge in [0.15, 0.2) is 11.5 Å². The van der Waals surface area contributed by atoms with Crippen molar-refractivity contribution in [2.24, 2.45) is 5.92 Å². The Hall–Kier alpha value is -1.32. The van der Waals surface area contributed by atoms with Gasteiger partial charge in [0, 0.05) is 0 Å². The molecule has 1 aliphatic rings. The Labute approximate surface area is 125 Å². The van der Waals surface area contributed by atoms with Crippen molar-refractivity contribution in [2.75, 3.05) is 13.2 Å². The molecule has 0 bridgehead atoms. The third-order valence-electron chi connectivity index (χ3n) is 3.97. The molecule has 0 saturated heterocycles. The standard InChI is InChI=1S/C17H24F2O2/c1-2-3-11-20-14-9-10-15(17(19)16(14)18)21-12-13-7-5-4-6-8-13/h9-10,13H,2-8,11-12H2,1H3. The smallest absolute Gasteiger partial charge is 0.204 e. The summed E-state index contributed by atoms with van der Waals surface area (Å²) in [6.07, 6.45) is 7.67. The van der Waals surface area contributed by atoms with Gasteiger partial charge in [0.25, 0.3) is 0 Å². The van der Waals surface area contributed by atoms with Crippen molar-refractivity contribution in [3.8, 4) is 11.5 Å². The lowest BCUT2D eigenvalue weighted by atomic mass is 9.90. The van der Waals surface area contributed by atoms with E-state index in [0.29, 0.717) is 19.1 Å². The summed E-state index contributed by atoms with van der Waals surface area (Å²) in [6, 6.07) is 2.91. The molecule has 1 aromatic carbocycles. The van der Waals surface area contributed by atoms with Crippen LogP contribution in [0.2, 0.25) is 0 Å². The molecule has 2 rings (SSSR count). The second-order valence-corrected chi connectivity index (χ2v) is 5.71. The van der Waals surface area contributed by atoms with Gasteiger partial charge in [0.1, 0.15) is 0 Å². The zero-order chi connectivity index (χ0) is 15.1. The van der Waals surface area contributed by atoms with Crippen LogP contribution in [-0.4, -0.2) is 13.2 Å². The highest BCUT2D eigenvalue weighted by Gasteiger charge is 2.18. The molecule has 1 saturated carbocycles. The molecule has 0 aliphatic heterocycles.